The molecule has 0 amide bonds. The maximum atomic E-state index is 13.9. The summed E-state index contributed by atoms with van der Waals surface area (Å²) in [6, 6.07) is 34.9. The largest absolute Gasteiger partial charge is 0.497 e. The van der Waals surface area contributed by atoms with Gasteiger partial charge in [-0.3, -0.25) is 14.5 Å². The molecule has 0 bridgehead atoms. The number of rotatable bonds is 12. The van der Waals surface area contributed by atoms with Crippen molar-refractivity contribution in [2.45, 2.75) is 32.5 Å². The molecule has 0 radical (unpaired) electrons. The number of methoxy groups -OCH3 is 1. The molecule has 0 unspecified atom stereocenters. The Kier molecular flexibility index (Phi) is 8.92. The summed E-state index contributed by atoms with van der Waals surface area (Å²) in [5, 5.41) is 0.669. The van der Waals surface area contributed by atoms with Crippen LogP contribution >= 0.6 is 0 Å². The van der Waals surface area contributed by atoms with E-state index < -0.39 is 0 Å². The molecule has 5 rings (SSSR count). The molecule has 5 aromatic rings. The summed E-state index contributed by atoms with van der Waals surface area (Å²) < 4.78 is 11.4. The van der Waals surface area contributed by atoms with Crippen LogP contribution in [0, 0.1) is 0 Å². The molecular weight excluding hydrogens is 512 g/mol. The predicted octanol–water partition coefficient (Wildman–Crippen LogP) is 6.43. The Morgan fingerprint density at radius 3 is 2.17 bits per heavy atom. The van der Waals surface area contributed by atoms with Gasteiger partial charge in [-0.05, 0) is 60.4 Å². The third-order valence-corrected chi connectivity index (χ3v) is 7.28. The number of nitrogens with zero attached hydrogens (tertiary/aromatic N) is 1. The summed E-state index contributed by atoms with van der Waals surface area (Å²) in [6.45, 7) is 3.37. The standard InChI is InChI=1S/C35H34N2O4/c1-25(21-26-13-15-29(40-2)16-14-26)37(22-27-9-5-3-6-10-27)23-32(38)30-17-19-33(35-31(30)18-20-34(39)36-35)41-24-28-11-7-4-8-12-28/h3-20,25H,21-24H2,1-2H3,(H,36,39)/t25-/m1/s1. The van der Waals surface area contributed by atoms with Crippen LogP contribution in [0.3, 0.4) is 0 Å². The molecule has 6 heteroatoms. The Hall–Kier alpha value is -4.68. The third kappa shape index (κ3) is 7.10. The van der Waals surface area contributed by atoms with Gasteiger partial charge in [0, 0.05) is 29.6 Å². The number of benzene rings is 4. The van der Waals surface area contributed by atoms with Crippen molar-refractivity contribution >= 4 is 16.7 Å². The summed E-state index contributed by atoms with van der Waals surface area (Å²) >= 11 is 0. The second-order valence-electron chi connectivity index (χ2n) is 10.2. The van der Waals surface area contributed by atoms with Crippen LogP contribution in [0.15, 0.2) is 114 Å². The Balaban J connectivity index is 1.40. The van der Waals surface area contributed by atoms with Crippen LogP contribution in [0.5, 0.6) is 11.5 Å². The van der Waals surface area contributed by atoms with Gasteiger partial charge >= 0.3 is 0 Å². The van der Waals surface area contributed by atoms with Crippen molar-refractivity contribution in [2.24, 2.45) is 0 Å². The number of H-pyrrole nitrogens is 1. The summed E-state index contributed by atoms with van der Waals surface area (Å²) in [5.74, 6) is 1.33. The first-order valence-corrected chi connectivity index (χ1v) is 13.8. The number of carbonyl (C=O) groups is 1. The number of hydrogen-bond donors (Lipinski definition) is 1. The van der Waals surface area contributed by atoms with Crippen LogP contribution in [-0.4, -0.2) is 35.4 Å². The molecule has 6 nitrogen and oxygen atoms in total. The summed E-state index contributed by atoms with van der Waals surface area (Å²) in [4.78, 5) is 31.2. The maximum Gasteiger partial charge on any atom is 0.248 e. The van der Waals surface area contributed by atoms with Gasteiger partial charge in [-0.2, -0.15) is 0 Å². The summed E-state index contributed by atoms with van der Waals surface area (Å²) in [7, 11) is 1.66. The molecular formula is C35H34N2O4. The lowest BCUT2D eigenvalue weighted by Crippen LogP contribution is -2.38. The van der Waals surface area contributed by atoms with Gasteiger partial charge in [0.2, 0.25) is 5.56 Å². The molecule has 0 aliphatic carbocycles. The van der Waals surface area contributed by atoms with Crippen molar-refractivity contribution in [1.29, 1.82) is 0 Å². The fraction of sp³-hybridized carbons (Fsp3) is 0.200. The number of ketones is 1. The zero-order valence-corrected chi connectivity index (χ0v) is 23.4. The maximum absolute atomic E-state index is 13.9. The first-order valence-electron chi connectivity index (χ1n) is 13.8. The smallest absolute Gasteiger partial charge is 0.248 e. The van der Waals surface area contributed by atoms with E-state index in [4.69, 9.17) is 9.47 Å². The third-order valence-electron chi connectivity index (χ3n) is 7.28. The van der Waals surface area contributed by atoms with Crippen LogP contribution in [-0.2, 0) is 19.6 Å². The Bertz CT molecular complexity index is 1650. The molecule has 1 aromatic heterocycles. The van der Waals surface area contributed by atoms with Crippen molar-refractivity contribution in [2.75, 3.05) is 13.7 Å². The van der Waals surface area contributed by atoms with Gasteiger partial charge in [0.25, 0.3) is 0 Å². The van der Waals surface area contributed by atoms with E-state index in [-0.39, 0.29) is 23.9 Å². The summed E-state index contributed by atoms with van der Waals surface area (Å²) in [6.07, 6.45) is 0.782. The van der Waals surface area contributed by atoms with Gasteiger partial charge in [0.15, 0.2) is 5.78 Å². The van der Waals surface area contributed by atoms with Crippen LogP contribution in [0.1, 0.15) is 34.0 Å². The lowest BCUT2D eigenvalue weighted by molar-refractivity contribution is 0.0891. The minimum Gasteiger partial charge on any atom is -0.497 e. The van der Waals surface area contributed by atoms with Crippen molar-refractivity contribution in [1.82, 2.24) is 9.88 Å². The predicted molar refractivity (Wildman–Crippen MR) is 163 cm³/mol. The van der Waals surface area contributed by atoms with Crippen molar-refractivity contribution < 1.29 is 14.3 Å². The van der Waals surface area contributed by atoms with Crippen LogP contribution in [0.25, 0.3) is 10.9 Å². The molecule has 0 saturated carbocycles. The summed E-state index contributed by atoms with van der Waals surface area (Å²) in [5.41, 5.74) is 4.16. The van der Waals surface area contributed by atoms with Gasteiger partial charge in [0.05, 0.1) is 19.2 Å². The molecule has 1 atom stereocenters. The topological polar surface area (TPSA) is 71.6 Å². The molecule has 41 heavy (non-hydrogen) atoms. The first kappa shape index (κ1) is 27.9. The SMILES string of the molecule is COc1ccc(C[C@@H](C)N(CC(=O)c2ccc(OCc3ccccc3)c3[nH]c(=O)ccc23)Cc2ccccc2)cc1. The normalized spacial score (nSPS) is 11.9. The number of aromatic amines is 1. The highest BCUT2D eigenvalue weighted by Crippen LogP contribution is 2.28. The fourth-order valence-electron chi connectivity index (χ4n) is 5.01. The van der Waals surface area contributed by atoms with E-state index >= 15 is 0 Å². The average Bonchev–Trinajstić information content (AvgIpc) is 3.00. The molecule has 0 spiro atoms. The number of nitrogens with one attached hydrogen (secondary N) is 1. The highest BCUT2D eigenvalue weighted by molar-refractivity contribution is 6.09. The average molecular weight is 547 g/mol. The van der Waals surface area contributed by atoms with E-state index in [9.17, 15) is 9.59 Å². The van der Waals surface area contributed by atoms with Crippen molar-refractivity contribution in [3.63, 3.8) is 0 Å². The lowest BCUT2D eigenvalue weighted by Gasteiger charge is -2.29. The number of pyridine rings is 1. The van der Waals surface area contributed by atoms with Crippen LogP contribution in [0.2, 0.25) is 0 Å². The van der Waals surface area contributed by atoms with E-state index in [0.29, 0.717) is 35.4 Å². The van der Waals surface area contributed by atoms with E-state index in [1.807, 2.05) is 60.7 Å². The molecule has 0 aliphatic heterocycles. The van der Waals surface area contributed by atoms with Crippen LogP contribution < -0.4 is 15.0 Å². The highest BCUT2D eigenvalue weighted by Gasteiger charge is 2.22. The van der Waals surface area contributed by atoms with E-state index in [2.05, 4.69) is 41.1 Å². The second-order valence-corrected chi connectivity index (χ2v) is 10.2. The lowest BCUT2D eigenvalue weighted by atomic mass is 10.0. The molecule has 208 valence electrons. The van der Waals surface area contributed by atoms with E-state index in [1.165, 1.54) is 11.6 Å². The quantitative estimate of drug-likeness (QED) is 0.183. The monoisotopic (exact) mass is 546 g/mol. The van der Waals surface area contributed by atoms with Gasteiger partial charge < -0.3 is 14.5 Å². The minimum atomic E-state index is -0.245. The van der Waals surface area contributed by atoms with E-state index in [1.54, 1.807) is 25.3 Å². The first-order chi connectivity index (χ1) is 20.0. The fourth-order valence-corrected chi connectivity index (χ4v) is 5.01. The molecule has 0 aliphatic rings. The van der Waals surface area contributed by atoms with E-state index in [0.717, 1.165) is 23.3 Å². The molecule has 0 saturated heterocycles. The number of fused-ring (bicyclic) bond motifs is 1. The Morgan fingerprint density at radius 2 is 1.49 bits per heavy atom. The molecule has 4 aromatic carbocycles. The molecule has 0 fully saturated rings. The van der Waals surface area contributed by atoms with Gasteiger partial charge in [-0.25, -0.2) is 0 Å². The second kappa shape index (κ2) is 13.1. The number of hydrogen-bond acceptors (Lipinski definition) is 5. The number of carbonyl (C=O) groups excluding carboxylic acids is 1. The zero-order valence-electron chi connectivity index (χ0n) is 23.4. The Labute approximate surface area is 240 Å². The number of ether oxygens (including phenoxy) is 2. The van der Waals surface area contributed by atoms with Crippen molar-refractivity contribution in [3.8, 4) is 11.5 Å². The van der Waals surface area contributed by atoms with Crippen molar-refractivity contribution in [3.05, 3.63) is 142 Å². The number of Topliss-reactive ketones (excluding diaryl/α,β-unsaturated/α-hetero) is 1. The van der Waals surface area contributed by atoms with Gasteiger partial charge in [-0.15, -0.1) is 0 Å². The van der Waals surface area contributed by atoms with Gasteiger partial charge in [0.1, 0.15) is 18.1 Å². The molecule has 1 N–H and O–H groups in total. The van der Waals surface area contributed by atoms with Crippen LogP contribution in [0.4, 0.5) is 0 Å². The minimum absolute atomic E-state index is 0.0193. The highest BCUT2D eigenvalue weighted by atomic mass is 16.5. The Morgan fingerprint density at radius 1 is 0.805 bits per heavy atom. The molecule has 1 heterocycles. The number of aromatic nitrogens is 1. The zero-order chi connectivity index (χ0) is 28.6. The van der Waals surface area contributed by atoms with Gasteiger partial charge in [-0.1, -0.05) is 72.8 Å².